The second kappa shape index (κ2) is 65.9. The summed E-state index contributed by atoms with van der Waals surface area (Å²) in [6.45, 7) is 6.55. The third kappa shape index (κ3) is 64.1. The molecule has 77 heavy (non-hydrogen) atoms. The fraction of sp³-hybridized carbons (Fsp3) is 0.845. The lowest BCUT2D eigenvalue weighted by molar-refractivity contribution is -0.167. The summed E-state index contributed by atoms with van der Waals surface area (Å²) in [5.41, 5.74) is 0. The van der Waals surface area contributed by atoms with Crippen molar-refractivity contribution in [2.24, 2.45) is 0 Å². The molecule has 1 atom stereocenters. The first-order valence-corrected chi connectivity index (χ1v) is 34.1. The minimum Gasteiger partial charge on any atom is -0.462 e. The fourth-order valence-electron chi connectivity index (χ4n) is 10.3. The highest BCUT2D eigenvalue weighted by Crippen LogP contribution is 2.18. The SMILES string of the molecule is CC/C=C\C/C=C\C/C=C\C/C=C\CCCCCCCCCCCCCCCCCCCCC(=O)OCC(COC(=O)CCCCCCCCC)OC(=O)CCCCCCCCCCCCCCCCCCCCCCC. The van der Waals surface area contributed by atoms with Gasteiger partial charge in [-0.05, 0) is 57.8 Å². The molecule has 0 saturated heterocycles. The molecule has 0 radical (unpaired) electrons. The Morgan fingerprint density at radius 2 is 0.506 bits per heavy atom. The molecule has 0 amide bonds. The first-order chi connectivity index (χ1) is 38.0. The summed E-state index contributed by atoms with van der Waals surface area (Å²) in [4.78, 5) is 38.1. The Hall–Kier alpha value is -2.63. The highest BCUT2D eigenvalue weighted by molar-refractivity contribution is 5.71. The van der Waals surface area contributed by atoms with Gasteiger partial charge in [-0.2, -0.15) is 0 Å². The molecule has 6 heteroatoms. The van der Waals surface area contributed by atoms with Crippen LogP contribution in [0.5, 0.6) is 0 Å². The Morgan fingerprint density at radius 3 is 0.792 bits per heavy atom. The largest absolute Gasteiger partial charge is 0.462 e. The van der Waals surface area contributed by atoms with Crippen molar-refractivity contribution in [3.05, 3.63) is 48.6 Å². The number of hydrogen-bond acceptors (Lipinski definition) is 6. The van der Waals surface area contributed by atoms with Crippen molar-refractivity contribution >= 4 is 17.9 Å². The maximum absolute atomic E-state index is 12.9. The average molecular weight is 1080 g/mol. The highest BCUT2D eigenvalue weighted by atomic mass is 16.6. The molecule has 0 N–H and O–H groups in total. The lowest BCUT2D eigenvalue weighted by atomic mass is 10.0. The number of allylic oxidation sites excluding steroid dienone is 8. The molecule has 0 aromatic carbocycles. The van der Waals surface area contributed by atoms with E-state index in [2.05, 4.69) is 69.4 Å². The molecule has 6 nitrogen and oxygen atoms in total. The van der Waals surface area contributed by atoms with E-state index in [4.69, 9.17) is 14.2 Å². The molecule has 0 saturated carbocycles. The molecule has 0 heterocycles. The standard InChI is InChI=1S/C71H130O6/c1-4-7-10-13-16-18-20-22-24-26-28-30-31-32-33-34-35-36-37-38-39-41-42-44-46-48-50-52-55-58-61-64-70(73)76-67-68(66-75-69(72)63-60-57-54-15-12-9-6-3)77-71(74)65-62-59-56-53-51-49-47-45-43-40-29-27-25-23-21-19-17-14-11-8-5-2/h7,10,16,18,22,24,28,30,68H,4-6,8-9,11-15,17,19-21,23,25-27,29,31-67H2,1-3H3/b10-7-,18-16-,24-22-,30-28-. The van der Waals surface area contributed by atoms with Crippen LogP contribution in [0.25, 0.3) is 0 Å². The van der Waals surface area contributed by atoms with Gasteiger partial charge in [0, 0.05) is 19.3 Å². The third-order valence-corrected chi connectivity index (χ3v) is 15.3. The molecule has 450 valence electrons. The topological polar surface area (TPSA) is 78.9 Å². The molecular formula is C71H130O6. The van der Waals surface area contributed by atoms with Gasteiger partial charge in [-0.1, -0.05) is 339 Å². The summed E-state index contributed by atoms with van der Waals surface area (Å²) >= 11 is 0. The number of ether oxygens (including phenoxy) is 3. The summed E-state index contributed by atoms with van der Waals surface area (Å²) in [6.07, 6.45) is 83.1. The number of carbonyl (C=O) groups is 3. The predicted molar refractivity (Wildman–Crippen MR) is 335 cm³/mol. The third-order valence-electron chi connectivity index (χ3n) is 15.3. The second-order valence-electron chi connectivity index (χ2n) is 23.1. The van der Waals surface area contributed by atoms with Crippen molar-refractivity contribution in [1.29, 1.82) is 0 Å². The minimum atomic E-state index is -0.766. The van der Waals surface area contributed by atoms with E-state index in [0.717, 1.165) is 83.5 Å². The fourth-order valence-corrected chi connectivity index (χ4v) is 10.3. The molecule has 0 rings (SSSR count). The van der Waals surface area contributed by atoms with Crippen LogP contribution < -0.4 is 0 Å². The van der Waals surface area contributed by atoms with Crippen LogP contribution in [0, 0.1) is 0 Å². The summed E-state index contributed by atoms with van der Waals surface area (Å²) in [7, 11) is 0. The Bertz CT molecular complexity index is 1330. The van der Waals surface area contributed by atoms with E-state index in [1.54, 1.807) is 0 Å². The Kier molecular flexibility index (Phi) is 63.6. The molecule has 0 spiro atoms. The molecule has 0 aliphatic heterocycles. The van der Waals surface area contributed by atoms with Crippen molar-refractivity contribution in [2.45, 2.75) is 374 Å². The second-order valence-corrected chi connectivity index (χ2v) is 23.1. The van der Waals surface area contributed by atoms with Crippen LogP contribution in [-0.2, 0) is 28.6 Å². The minimum absolute atomic E-state index is 0.0663. The van der Waals surface area contributed by atoms with Gasteiger partial charge in [0.05, 0.1) is 0 Å². The van der Waals surface area contributed by atoms with Crippen LogP contribution in [0.2, 0.25) is 0 Å². The monoisotopic (exact) mass is 1080 g/mol. The van der Waals surface area contributed by atoms with Crippen LogP contribution in [-0.4, -0.2) is 37.2 Å². The van der Waals surface area contributed by atoms with Crippen molar-refractivity contribution < 1.29 is 28.6 Å². The van der Waals surface area contributed by atoms with Crippen LogP contribution in [0.4, 0.5) is 0 Å². The molecule has 0 aliphatic rings. The lowest BCUT2D eigenvalue weighted by Gasteiger charge is -2.18. The Morgan fingerprint density at radius 1 is 0.273 bits per heavy atom. The zero-order valence-corrected chi connectivity index (χ0v) is 51.7. The Balaban J connectivity index is 4.01. The number of esters is 3. The normalized spacial score (nSPS) is 12.3. The van der Waals surface area contributed by atoms with Crippen LogP contribution >= 0.6 is 0 Å². The van der Waals surface area contributed by atoms with Crippen molar-refractivity contribution in [1.82, 2.24) is 0 Å². The number of hydrogen-bond donors (Lipinski definition) is 0. The van der Waals surface area contributed by atoms with Gasteiger partial charge >= 0.3 is 17.9 Å². The van der Waals surface area contributed by atoms with Gasteiger partial charge in [0.2, 0.25) is 0 Å². The van der Waals surface area contributed by atoms with E-state index < -0.39 is 6.10 Å². The Labute approximate surface area is 479 Å². The quantitative estimate of drug-likeness (QED) is 0.0261. The van der Waals surface area contributed by atoms with Crippen molar-refractivity contribution in [3.8, 4) is 0 Å². The smallest absolute Gasteiger partial charge is 0.306 e. The van der Waals surface area contributed by atoms with Crippen molar-refractivity contribution in [2.75, 3.05) is 13.2 Å². The van der Waals surface area contributed by atoms with E-state index in [9.17, 15) is 14.4 Å². The average Bonchev–Trinajstić information content (AvgIpc) is 3.43. The summed E-state index contributed by atoms with van der Waals surface area (Å²) in [5, 5.41) is 0. The zero-order chi connectivity index (χ0) is 55.7. The lowest BCUT2D eigenvalue weighted by Crippen LogP contribution is -2.30. The summed E-state index contributed by atoms with van der Waals surface area (Å²) in [6, 6.07) is 0. The highest BCUT2D eigenvalue weighted by Gasteiger charge is 2.19. The number of rotatable bonds is 63. The molecule has 0 aliphatic carbocycles. The van der Waals surface area contributed by atoms with E-state index in [1.807, 2.05) is 0 Å². The zero-order valence-electron chi connectivity index (χ0n) is 51.7. The van der Waals surface area contributed by atoms with Crippen LogP contribution in [0.15, 0.2) is 48.6 Å². The summed E-state index contributed by atoms with van der Waals surface area (Å²) < 4.78 is 16.9. The molecular weight excluding hydrogens is 949 g/mol. The molecule has 0 bridgehead atoms. The van der Waals surface area contributed by atoms with Gasteiger partial charge in [0.25, 0.3) is 0 Å². The van der Waals surface area contributed by atoms with Gasteiger partial charge < -0.3 is 14.2 Å². The first-order valence-electron chi connectivity index (χ1n) is 34.1. The molecule has 1 unspecified atom stereocenters. The van der Waals surface area contributed by atoms with E-state index in [-0.39, 0.29) is 31.1 Å². The van der Waals surface area contributed by atoms with Gasteiger partial charge in [-0.25, -0.2) is 0 Å². The summed E-state index contributed by atoms with van der Waals surface area (Å²) in [5.74, 6) is -0.847. The van der Waals surface area contributed by atoms with E-state index in [0.29, 0.717) is 19.3 Å². The molecule has 0 aromatic heterocycles. The van der Waals surface area contributed by atoms with E-state index in [1.165, 1.54) is 244 Å². The van der Waals surface area contributed by atoms with Crippen LogP contribution in [0.1, 0.15) is 367 Å². The predicted octanol–water partition coefficient (Wildman–Crippen LogP) is 23.3. The van der Waals surface area contributed by atoms with Gasteiger partial charge in [0.15, 0.2) is 6.10 Å². The first kappa shape index (κ1) is 74.4. The van der Waals surface area contributed by atoms with Gasteiger partial charge in [-0.15, -0.1) is 0 Å². The van der Waals surface area contributed by atoms with Crippen LogP contribution in [0.3, 0.4) is 0 Å². The van der Waals surface area contributed by atoms with E-state index >= 15 is 0 Å². The van der Waals surface area contributed by atoms with Gasteiger partial charge in [0.1, 0.15) is 13.2 Å². The van der Waals surface area contributed by atoms with Gasteiger partial charge in [-0.3, -0.25) is 14.4 Å². The van der Waals surface area contributed by atoms with Crippen molar-refractivity contribution in [3.63, 3.8) is 0 Å². The molecule has 0 fully saturated rings. The maximum Gasteiger partial charge on any atom is 0.306 e. The molecule has 0 aromatic rings. The maximum atomic E-state index is 12.9. The number of unbranched alkanes of at least 4 members (excludes halogenated alkanes) is 44. The number of carbonyl (C=O) groups excluding carboxylic acids is 3.